The first-order valence-electron chi connectivity index (χ1n) is 6.44. The van der Waals surface area contributed by atoms with Crippen molar-refractivity contribution in [3.05, 3.63) is 33.8 Å². The normalized spacial score (nSPS) is 29.8. The second kappa shape index (κ2) is 4.38. The lowest BCUT2D eigenvalue weighted by Crippen LogP contribution is -2.33. The van der Waals surface area contributed by atoms with Crippen LogP contribution in [0.15, 0.2) is 22.7 Å². The highest BCUT2D eigenvalue weighted by Crippen LogP contribution is 2.40. The van der Waals surface area contributed by atoms with Crippen LogP contribution in [-0.2, 0) is 0 Å². The van der Waals surface area contributed by atoms with Gasteiger partial charge in [-0.25, -0.2) is 0 Å². The molecule has 1 aromatic rings. The lowest BCUT2D eigenvalue weighted by atomic mass is 9.99. The summed E-state index contributed by atoms with van der Waals surface area (Å²) < 4.78 is 1.19. The number of halogens is 1. The van der Waals surface area contributed by atoms with Gasteiger partial charge in [0.2, 0.25) is 0 Å². The molecule has 1 heterocycles. The average Bonchev–Trinajstić information content (AvgIpc) is 3.07. The van der Waals surface area contributed by atoms with Gasteiger partial charge >= 0.3 is 0 Å². The minimum absolute atomic E-state index is 0.302. The first-order valence-corrected chi connectivity index (χ1v) is 7.23. The summed E-state index contributed by atoms with van der Waals surface area (Å²) >= 11 is 3.56. The maximum atomic E-state index is 6.30. The zero-order valence-corrected chi connectivity index (χ0v) is 11.8. The number of likely N-dealkylation sites (tertiary alicyclic amines) is 1. The fourth-order valence-corrected chi connectivity index (χ4v) is 3.19. The van der Waals surface area contributed by atoms with E-state index < -0.39 is 0 Å². The summed E-state index contributed by atoms with van der Waals surface area (Å²) in [5.74, 6) is 0. The zero-order chi connectivity index (χ0) is 12.0. The predicted molar refractivity (Wildman–Crippen MR) is 73.9 cm³/mol. The summed E-state index contributed by atoms with van der Waals surface area (Å²) in [7, 11) is 0. The van der Waals surface area contributed by atoms with Crippen molar-refractivity contribution in [1.29, 1.82) is 0 Å². The van der Waals surface area contributed by atoms with Crippen LogP contribution in [-0.4, -0.2) is 23.5 Å². The number of hydrogen-bond donors (Lipinski definition) is 1. The van der Waals surface area contributed by atoms with E-state index in [0.717, 1.165) is 12.5 Å². The Bertz CT molecular complexity index is 428. The Labute approximate surface area is 111 Å². The van der Waals surface area contributed by atoms with Gasteiger partial charge in [0.1, 0.15) is 0 Å². The van der Waals surface area contributed by atoms with Gasteiger partial charge in [-0.3, -0.25) is 4.90 Å². The van der Waals surface area contributed by atoms with Gasteiger partial charge in [0.05, 0.1) is 6.04 Å². The first-order chi connectivity index (χ1) is 8.16. The summed E-state index contributed by atoms with van der Waals surface area (Å²) in [6, 6.07) is 8.21. The van der Waals surface area contributed by atoms with E-state index in [0.29, 0.717) is 12.1 Å². The first kappa shape index (κ1) is 11.7. The molecule has 1 saturated heterocycles. The topological polar surface area (TPSA) is 29.3 Å². The van der Waals surface area contributed by atoms with Crippen molar-refractivity contribution < 1.29 is 0 Å². The summed E-state index contributed by atoms with van der Waals surface area (Å²) in [6.07, 6.45) is 3.85. The van der Waals surface area contributed by atoms with Crippen molar-refractivity contribution in [1.82, 2.24) is 4.90 Å². The molecule has 2 N–H and O–H groups in total. The summed E-state index contributed by atoms with van der Waals surface area (Å²) in [5.41, 5.74) is 9.00. The molecular weight excluding hydrogens is 276 g/mol. The van der Waals surface area contributed by atoms with E-state index in [4.69, 9.17) is 5.73 Å². The second-order valence-electron chi connectivity index (χ2n) is 5.37. The van der Waals surface area contributed by atoms with E-state index in [1.54, 1.807) is 0 Å². The Morgan fingerprint density at radius 3 is 2.71 bits per heavy atom. The van der Waals surface area contributed by atoms with Crippen LogP contribution in [0.5, 0.6) is 0 Å². The fourth-order valence-electron chi connectivity index (χ4n) is 2.95. The third-order valence-electron chi connectivity index (χ3n) is 4.02. The highest BCUT2D eigenvalue weighted by molar-refractivity contribution is 9.10. The zero-order valence-electron chi connectivity index (χ0n) is 10.2. The standard InChI is InChI=1S/C14H19BrN2/c1-9-8-10(2-5-12(9)15)14-13(16)6-7-17(14)11-3-4-11/h2,5,8,11,13-14H,3-4,6-7,16H2,1H3. The second-order valence-corrected chi connectivity index (χ2v) is 6.23. The largest absolute Gasteiger partial charge is 0.326 e. The minimum atomic E-state index is 0.302. The van der Waals surface area contributed by atoms with Crippen molar-refractivity contribution in [2.75, 3.05) is 6.54 Å². The fraction of sp³-hybridized carbons (Fsp3) is 0.571. The SMILES string of the molecule is Cc1cc(C2C(N)CCN2C2CC2)ccc1Br. The molecular formula is C14H19BrN2. The minimum Gasteiger partial charge on any atom is -0.326 e. The van der Waals surface area contributed by atoms with Crippen molar-refractivity contribution in [2.24, 2.45) is 5.73 Å². The van der Waals surface area contributed by atoms with Crippen LogP contribution in [0, 0.1) is 6.92 Å². The van der Waals surface area contributed by atoms with Crippen molar-refractivity contribution in [3.63, 3.8) is 0 Å². The molecule has 1 aliphatic carbocycles. The van der Waals surface area contributed by atoms with Crippen LogP contribution in [0.1, 0.15) is 36.4 Å². The van der Waals surface area contributed by atoms with Crippen molar-refractivity contribution >= 4 is 15.9 Å². The smallest absolute Gasteiger partial charge is 0.0502 e. The summed E-state index contributed by atoms with van der Waals surface area (Å²) in [4.78, 5) is 2.62. The molecule has 3 heteroatoms. The molecule has 1 aromatic carbocycles. The number of nitrogens with zero attached hydrogens (tertiary/aromatic N) is 1. The molecule has 0 bridgehead atoms. The molecule has 1 aliphatic heterocycles. The molecule has 0 spiro atoms. The summed E-state index contributed by atoms with van der Waals surface area (Å²) in [6.45, 7) is 3.32. The van der Waals surface area contributed by atoms with Crippen LogP contribution in [0.4, 0.5) is 0 Å². The molecule has 2 nitrogen and oxygen atoms in total. The van der Waals surface area contributed by atoms with Gasteiger partial charge in [0.25, 0.3) is 0 Å². The lowest BCUT2D eigenvalue weighted by Gasteiger charge is -2.27. The molecule has 0 radical (unpaired) electrons. The van der Waals surface area contributed by atoms with Gasteiger partial charge in [0, 0.05) is 23.1 Å². The molecule has 2 aliphatic rings. The molecule has 2 atom stereocenters. The Hall–Kier alpha value is -0.380. The van der Waals surface area contributed by atoms with E-state index in [1.807, 2.05) is 0 Å². The van der Waals surface area contributed by atoms with Crippen LogP contribution in [0.3, 0.4) is 0 Å². The molecule has 2 fully saturated rings. The van der Waals surface area contributed by atoms with Crippen LogP contribution >= 0.6 is 15.9 Å². The van der Waals surface area contributed by atoms with Crippen LogP contribution < -0.4 is 5.73 Å². The van der Waals surface area contributed by atoms with Gasteiger partial charge in [-0.1, -0.05) is 28.1 Å². The van der Waals surface area contributed by atoms with E-state index in [1.165, 1.54) is 35.0 Å². The van der Waals surface area contributed by atoms with Crippen molar-refractivity contribution in [2.45, 2.75) is 44.3 Å². The molecule has 2 unspecified atom stereocenters. The van der Waals surface area contributed by atoms with Gasteiger partial charge in [0.15, 0.2) is 0 Å². The summed E-state index contributed by atoms with van der Waals surface area (Å²) in [5, 5.41) is 0. The quantitative estimate of drug-likeness (QED) is 0.909. The highest BCUT2D eigenvalue weighted by atomic mass is 79.9. The van der Waals surface area contributed by atoms with Crippen molar-refractivity contribution in [3.8, 4) is 0 Å². The lowest BCUT2D eigenvalue weighted by molar-refractivity contribution is 0.237. The molecule has 0 aromatic heterocycles. The van der Waals surface area contributed by atoms with Gasteiger partial charge in [-0.15, -0.1) is 0 Å². The van der Waals surface area contributed by atoms with E-state index in [9.17, 15) is 0 Å². The monoisotopic (exact) mass is 294 g/mol. The molecule has 17 heavy (non-hydrogen) atoms. The molecule has 1 saturated carbocycles. The molecule has 0 amide bonds. The maximum absolute atomic E-state index is 6.30. The Balaban J connectivity index is 1.91. The average molecular weight is 295 g/mol. The Kier molecular flexibility index (Phi) is 3.01. The number of rotatable bonds is 2. The van der Waals surface area contributed by atoms with Gasteiger partial charge in [-0.2, -0.15) is 0 Å². The molecule has 92 valence electrons. The van der Waals surface area contributed by atoms with Gasteiger partial charge in [-0.05, 0) is 43.4 Å². The van der Waals surface area contributed by atoms with E-state index in [2.05, 4.69) is 46.0 Å². The number of benzene rings is 1. The van der Waals surface area contributed by atoms with E-state index in [-0.39, 0.29) is 0 Å². The number of aryl methyl sites for hydroxylation is 1. The number of hydrogen-bond acceptors (Lipinski definition) is 2. The van der Waals surface area contributed by atoms with E-state index >= 15 is 0 Å². The predicted octanol–water partition coefficient (Wildman–Crippen LogP) is 2.99. The third kappa shape index (κ3) is 2.16. The van der Waals surface area contributed by atoms with Crippen LogP contribution in [0.25, 0.3) is 0 Å². The highest BCUT2D eigenvalue weighted by Gasteiger charge is 2.41. The number of nitrogens with two attached hydrogens (primary N) is 1. The molecule has 3 rings (SSSR count). The van der Waals surface area contributed by atoms with Gasteiger partial charge < -0.3 is 5.73 Å². The Morgan fingerprint density at radius 2 is 2.06 bits per heavy atom. The van der Waals surface area contributed by atoms with Crippen LogP contribution in [0.2, 0.25) is 0 Å². The Morgan fingerprint density at radius 1 is 1.29 bits per heavy atom. The third-order valence-corrected chi connectivity index (χ3v) is 4.91. The maximum Gasteiger partial charge on any atom is 0.0502 e.